The van der Waals surface area contributed by atoms with Crippen LogP contribution in [-0.4, -0.2) is 0 Å². The lowest BCUT2D eigenvalue weighted by Crippen LogP contribution is -2.09. The van der Waals surface area contributed by atoms with Crippen LogP contribution in [0.5, 0.6) is 0 Å². The molecule has 62 heavy (non-hydrogen) atoms. The first-order chi connectivity index (χ1) is 30.7. The molecule has 0 unspecified atom stereocenters. The van der Waals surface area contributed by atoms with Gasteiger partial charge in [-0.1, -0.05) is 176 Å². The zero-order chi connectivity index (χ0) is 41.0. The molecule has 2 heteroatoms. The van der Waals surface area contributed by atoms with Crippen molar-refractivity contribution < 1.29 is 4.42 Å². The summed E-state index contributed by atoms with van der Waals surface area (Å²) in [7, 11) is 0. The summed E-state index contributed by atoms with van der Waals surface area (Å²) in [4.78, 5) is 2.35. The highest BCUT2D eigenvalue weighted by Gasteiger charge is 2.17. The molecule has 0 aliphatic carbocycles. The Morgan fingerprint density at radius 1 is 0.274 bits per heavy atom. The van der Waals surface area contributed by atoms with Crippen LogP contribution in [0, 0.1) is 0 Å². The quantitative estimate of drug-likeness (QED) is 0.160. The van der Waals surface area contributed by atoms with Gasteiger partial charge in [0.15, 0.2) is 0 Å². The molecule has 12 rings (SSSR count). The number of nitrogens with zero attached hydrogens (tertiary/aromatic N) is 1. The van der Waals surface area contributed by atoms with Gasteiger partial charge in [-0.2, -0.15) is 0 Å². The molecule has 0 aliphatic rings. The Hall–Kier alpha value is -8.20. The minimum atomic E-state index is 0.897. The van der Waals surface area contributed by atoms with Crippen LogP contribution in [0.4, 0.5) is 17.1 Å². The van der Waals surface area contributed by atoms with E-state index in [1.165, 1.54) is 60.3 Å². The second-order valence-electron chi connectivity index (χ2n) is 16.1. The number of hydrogen-bond donors (Lipinski definition) is 0. The van der Waals surface area contributed by atoms with Gasteiger partial charge >= 0.3 is 0 Å². The second-order valence-corrected chi connectivity index (χ2v) is 16.1. The molecule has 1 aromatic heterocycles. The molecule has 0 fully saturated rings. The van der Waals surface area contributed by atoms with Crippen molar-refractivity contribution in [3.63, 3.8) is 0 Å². The van der Waals surface area contributed by atoms with Gasteiger partial charge in [0.05, 0.1) is 0 Å². The molecule has 0 saturated carbocycles. The second kappa shape index (κ2) is 14.8. The molecule has 2 nitrogen and oxygen atoms in total. The smallest absolute Gasteiger partial charge is 0.143 e. The van der Waals surface area contributed by atoms with Crippen LogP contribution in [-0.2, 0) is 0 Å². The molecule has 1 heterocycles. The Morgan fingerprint density at radius 2 is 0.774 bits per heavy atom. The van der Waals surface area contributed by atoms with Crippen molar-refractivity contribution in [1.29, 1.82) is 0 Å². The summed E-state index contributed by atoms with van der Waals surface area (Å²) >= 11 is 0. The first-order valence-corrected chi connectivity index (χ1v) is 21.2. The zero-order valence-electron chi connectivity index (χ0n) is 33.9. The van der Waals surface area contributed by atoms with Crippen LogP contribution >= 0.6 is 0 Å². The largest absolute Gasteiger partial charge is 0.455 e. The summed E-state index contributed by atoms with van der Waals surface area (Å²) in [5, 5.41) is 9.59. The highest BCUT2D eigenvalue weighted by atomic mass is 16.3. The first-order valence-electron chi connectivity index (χ1n) is 21.2. The molecule has 0 amide bonds. The summed E-state index contributed by atoms with van der Waals surface area (Å²) in [5.41, 5.74) is 14.6. The SMILES string of the molecule is c1cc(-c2ccc(N(c3ccc(-c4ccc5ccccc5c4)cc3)c3ccc(-c4cccc5oc6c7ccccc7ccc6c45)cc3)cc2)cc(-c2cccc3ccccc23)c1. The third-order valence-electron chi connectivity index (χ3n) is 12.5. The monoisotopic (exact) mass is 789 g/mol. The van der Waals surface area contributed by atoms with Gasteiger partial charge in [-0.3, -0.25) is 0 Å². The normalized spacial score (nSPS) is 11.5. The maximum Gasteiger partial charge on any atom is 0.143 e. The topological polar surface area (TPSA) is 16.4 Å². The molecule has 0 saturated heterocycles. The summed E-state index contributed by atoms with van der Waals surface area (Å²) in [6.45, 7) is 0. The number of furan rings is 1. The minimum absolute atomic E-state index is 0.897. The summed E-state index contributed by atoms with van der Waals surface area (Å²) < 4.78 is 6.55. The van der Waals surface area contributed by atoms with Gasteiger partial charge in [0.25, 0.3) is 0 Å². The molecule has 0 bridgehead atoms. The van der Waals surface area contributed by atoms with Crippen LogP contribution in [0.25, 0.3) is 98.8 Å². The Bertz CT molecular complexity index is 3610. The van der Waals surface area contributed by atoms with E-state index >= 15 is 0 Å². The van der Waals surface area contributed by atoms with Gasteiger partial charge < -0.3 is 9.32 Å². The Morgan fingerprint density at radius 3 is 1.50 bits per heavy atom. The lowest BCUT2D eigenvalue weighted by molar-refractivity contribution is 0.673. The molecule has 11 aromatic carbocycles. The standard InChI is InChI=1S/C60H39NO/c1-2-13-46-38-48(23-22-40(46)10-1)42-26-33-51(34-27-42)61(50-31-24-41(25-32-50)47-15-7-16-49(39-47)54-19-8-14-43-11-3-5-17-53(43)54)52-35-28-45(29-36-52)55-20-9-21-58-59(55)57-37-30-44-12-4-6-18-56(44)60(57)62-58/h1-39H. The van der Waals surface area contributed by atoms with E-state index in [1.807, 2.05) is 0 Å². The molecular weight excluding hydrogens is 751 g/mol. The molecule has 290 valence electrons. The molecule has 0 aliphatic heterocycles. The zero-order valence-corrected chi connectivity index (χ0v) is 33.9. The predicted octanol–water partition coefficient (Wildman–Crippen LogP) is 17.2. The lowest BCUT2D eigenvalue weighted by Gasteiger charge is -2.26. The predicted molar refractivity (Wildman–Crippen MR) is 263 cm³/mol. The fourth-order valence-electron chi connectivity index (χ4n) is 9.35. The van der Waals surface area contributed by atoms with E-state index < -0.39 is 0 Å². The van der Waals surface area contributed by atoms with Gasteiger partial charge in [0.2, 0.25) is 0 Å². The van der Waals surface area contributed by atoms with Gasteiger partial charge in [0, 0.05) is 33.2 Å². The van der Waals surface area contributed by atoms with Crippen molar-refractivity contribution in [2.45, 2.75) is 0 Å². The van der Waals surface area contributed by atoms with Crippen LogP contribution < -0.4 is 4.90 Å². The number of anilines is 3. The number of fused-ring (bicyclic) bond motifs is 7. The average molecular weight is 790 g/mol. The highest BCUT2D eigenvalue weighted by molar-refractivity contribution is 6.19. The van der Waals surface area contributed by atoms with Crippen molar-refractivity contribution in [1.82, 2.24) is 0 Å². The van der Waals surface area contributed by atoms with Crippen LogP contribution in [0.3, 0.4) is 0 Å². The van der Waals surface area contributed by atoms with E-state index in [1.54, 1.807) is 0 Å². The maximum absolute atomic E-state index is 6.55. The third-order valence-corrected chi connectivity index (χ3v) is 12.5. The molecular formula is C60H39NO. The Labute approximate surface area is 360 Å². The van der Waals surface area contributed by atoms with Crippen molar-refractivity contribution in [3.05, 3.63) is 237 Å². The van der Waals surface area contributed by atoms with E-state index in [4.69, 9.17) is 4.42 Å². The van der Waals surface area contributed by atoms with Crippen LogP contribution in [0.15, 0.2) is 241 Å². The number of rotatable bonds is 7. The van der Waals surface area contributed by atoms with Crippen LogP contribution in [0.2, 0.25) is 0 Å². The van der Waals surface area contributed by atoms with Crippen molar-refractivity contribution in [2.75, 3.05) is 4.90 Å². The van der Waals surface area contributed by atoms with Crippen molar-refractivity contribution in [3.8, 4) is 44.5 Å². The van der Waals surface area contributed by atoms with E-state index in [0.717, 1.165) is 55.5 Å². The Balaban J connectivity index is 0.929. The Kier molecular flexibility index (Phi) is 8.53. The fraction of sp³-hybridized carbons (Fsp3) is 0. The van der Waals surface area contributed by atoms with E-state index in [-0.39, 0.29) is 0 Å². The highest BCUT2D eigenvalue weighted by Crippen LogP contribution is 2.42. The summed E-state index contributed by atoms with van der Waals surface area (Å²) in [5.74, 6) is 0. The van der Waals surface area contributed by atoms with Crippen LogP contribution in [0.1, 0.15) is 0 Å². The molecule has 12 aromatic rings. The molecule has 0 N–H and O–H groups in total. The third kappa shape index (κ3) is 6.20. The van der Waals surface area contributed by atoms with E-state index in [2.05, 4.69) is 241 Å². The van der Waals surface area contributed by atoms with Gasteiger partial charge in [-0.25, -0.2) is 0 Å². The summed E-state index contributed by atoms with van der Waals surface area (Å²) in [6.07, 6.45) is 0. The van der Waals surface area contributed by atoms with Gasteiger partial charge in [-0.15, -0.1) is 0 Å². The van der Waals surface area contributed by atoms with E-state index in [9.17, 15) is 0 Å². The summed E-state index contributed by atoms with van der Waals surface area (Å²) in [6, 6.07) is 85.4. The number of benzene rings is 11. The molecule has 0 radical (unpaired) electrons. The maximum atomic E-state index is 6.55. The minimum Gasteiger partial charge on any atom is -0.455 e. The molecule has 0 spiro atoms. The van der Waals surface area contributed by atoms with E-state index in [0.29, 0.717) is 0 Å². The first kappa shape index (κ1) is 35.7. The van der Waals surface area contributed by atoms with Gasteiger partial charge in [-0.05, 0) is 132 Å². The van der Waals surface area contributed by atoms with Crippen molar-refractivity contribution >= 4 is 71.3 Å². The lowest BCUT2D eigenvalue weighted by atomic mass is 9.95. The molecule has 0 atom stereocenters. The fourth-order valence-corrected chi connectivity index (χ4v) is 9.35. The van der Waals surface area contributed by atoms with Gasteiger partial charge in [0.1, 0.15) is 11.2 Å². The number of hydrogen-bond acceptors (Lipinski definition) is 2. The van der Waals surface area contributed by atoms with Crippen molar-refractivity contribution in [2.24, 2.45) is 0 Å². The average Bonchev–Trinajstić information content (AvgIpc) is 3.74.